The largest absolute Gasteiger partial charge is 0.486 e. The zero-order valence-corrected chi connectivity index (χ0v) is 13.9. The van der Waals surface area contributed by atoms with Gasteiger partial charge < -0.3 is 9.47 Å². The fourth-order valence-electron chi connectivity index (χ4n) is 2.39. The van der Waals surface area contributed by atoms with Gasteiger partial charge in [0.05, 0.1) is 13.7 Å². The highest BCUT2D eigenvalue weighted by Gasteiger charge is 2.46. The molecule has 0 spiro atoms. The number of hydrogen-bond acceptors (Lipinski definition) is 5. The monoisotopic (exact) mass is 346 g/mol. The third-order valence-electron chi connectivity index (χ3n) is 3.58. The number of nitrogens with zero attached hydrogens (tertiary/aromatic N) is 2. The second kappa shape index (κ2) is 6.81. The first-order valence-electron chi connectivity index (χ1n) is 6.95. The Morgan fingerprint density at radius 1 is 1.35 bits per heavy atom. The van der Waals surface area contributed by atoms with Crippen molar-refractivity contribution in [3.8, 4) is 5.75 Å². The van der Waals surface area contributed by atoms with E-state index in [1.54, 1.807) is 6.07 Å². The van der Waals surface area contributed by atoms with E-state index in [0.717, 1.165) is 8.61 Å². The molecule has 1 fully saturated rings. The molecule has 128 valence electrons. The minimum atomic E-state index is -3.82. The molecule has 0 N–H and O–H groups in total. The minimum Gasteiger partial charge on any atom is -0.486 e. The lowest BCUT2D eigenvalue weighted by Crippen LogP contribution is -2.46. The molecule has 0 bridgehead atoms. The van der Waals surface area contributed by atoms with Crippen molar-refractivity contribution in [3.05, 3.63) is 30.1 Å². The van der Waals surface area contributed by atoms with Gasteiger partial charge in [-0.25, -0.2) is 4.39 Å². The van der Waals surface area contributed by atoms with Gasteiger partial charge in [0, 0.05) is 20.5 Å². The molecule has 7 nitrogen and oxygen atoms in total. The van der Waals surface area contributed by atoms with Crippen LogP contribution in [0.25, 0.3) is 0 Å². The van der Waals surface area contributed by atoms with Crippen LogP contribution in [0.4, 0.5) is 4.39 Å². The maximum Gasteiger partial charge on any atom is 0.324 e. The van der Waals surface area contributed by atoms with E-state index in [1.807, 2.05) is 0 Å². The van der Waals surface area contributed by atoms with E-state index in [2.05, 4.69) is 4.74 Å². The lowest BCUT2D eigenvalue weighted by atomic mass is 10.2. The van der Waals surface area contributed by atoms with Gasteiger partial charge in [-0.2, -0.15) is 17.0 Å². The summed E-state index contributed by atoms with van der Waals surface area (Å²) in [4.78, 5) is 11.9. The van der Waals surface area contributed by atoms with Crippen LogP contribution in [0.5, 0.6) is 5.75 Å². The number of methoxy groups -OCH3 is 1. The Labute approximate surface area is 134 Å². The SMILES string of the molecule is COC(=O)C1CC(Oc2ccccc2F)CN1S(=O)(=O)N(C)C. The highest BCUT2D eigenvalue weighted by molar-refractivity contribution is 7.86. The Balaban J connectivity index is 2.23. The minimum absolute atomic E-state index is 0.0187. The smallest absolute Gasteiger partial charge is 0.324 e. The molecule has 2 atom stereocenters. The average Bonchev–Trinajstić information content (AvgIpc) is 2.93. The molecule has 2 unspecified atom stereocenters. The summed E-state index contributed by atoms with van der Waals surface area (Å²) in [7, 11) is 0.104. The maximum absolute atomic E-state index is 13.7. The summed E-state index contributed by atoms with van der Waals surface area (Å²) in [5, 5.41) is 0. The van der Waals surface area contributed by atoms with Gasteiger partial charge in [-0.1, -0.05) is 12.1 Å². The van der Waals surface area contributed by atoms with Gasteiger partial charge in [0.15, 0.2) is 11.6 Å². The number of hydrogen-bond donors (Lipinski definition) is 0. The van der Waals surface area contributed by atoms with E-state index in [0.29, 0.717) is 0 Å². The zero-order valence-electron chi connectivity index (χ0n) is 13.1. The quantitative estimate of drug-likeness (QED) is 0.731. The summed E-state index contributed by atoms with van der Waals surface area (Å²) in [6, 6.07) is 4.84. The van der Waals surface area contributed by atoms with E-state index >= 15 is 0 Å². The van der Waals surface area contributed by atoms with Crippen LogP contribution >= 0.6 is 0 Å². The molecule has 1 saturated heterocycles. The van der Waals surface area contributed by atoms with Crippen LogP contribution in [0.2, 0.25) is 0 Å². The number of ether oxygens (including phenoxy) is 2. The first kappa shape index (κ1) is 17.6. The van der Waals surface area contributed by atoms with E-state index in [4.69, 9.17) is 4.74 Å². The molecule has 1 aliphatic heterocycles. The Kier molecular flexibility index (Phi) is 5.23. The topological polar surface area (TPSA) is 76.1 Å². The van der Waals surface area contributed by atoms with Crippen molar-refractivity contribution in [1.82, 2.24) is 8.61 Å². The molecule has 1 aliphatic rings. The van der Waals surface area contributed by atoms with Crippen LogP contribution in [0.3, 0.4) is 0 Å². The predicted molar refractivity (Wildman–Crippen MR) is 80.5 cm³/mol. The highest BCUT2D eigenvalue weighted by Crippen LogP contribution is 2.28. The standard InChI is InChI=1S/C14H19FN2O5S/c1-16(2)23(19,20)17-9-10(8-12(17)14(18)21-3)22-13-7-5-4-6-11(13)15/h4-7,10,12H,8-9H2,1-3H3. The second-order valence-corrected chi connectivity index (χ2v) is 7.40. The van der Waals surface area contributed by atoms with Crippen LogP contribution in [0.15, 0.2) is 24.3 Å². The Morgan fingerprint density at radius 3 is 2.57 bits per heavy atom. The number of carbonyl (C=O) groups is 1. The number of carbonyl (C=O) groups excluding carboxylic acids is 1. The Morgan fingerprint density at radius 2 is 2.00 bits per heavy atom. The molecule has 2 rings (SSSR count). The van der Waals surface area contributed by atoms with Crippen LogP contribution in [0, 0.1) is 5.82 Å². The van der Waals surface area contributed by atoms with Gasteiger partial charge in [-0.05, 0) is 12.1 Å². The van der Waals surface area contributed by atoms with Gasteiger partial charge in [0.2, 0.25) is 0 Å². The molecule has 1 heterocycles. The molecule has 0 aromatic heterocycles. The van der Waals surface area contributed by atoms with Gasteiger partial charge in [0.25, 0.3) is 10.2 Å². The van der Waals surface area contributed by atoms with E-state index in [-0.39, 0.29) is 18.7 Å². The zero-order chi connectivity index (χ0) is 17.2. The highest BCUT2D eigenvalue weighted by atomic mass is 32.2. The van der Waals surface area contributed by atoms with Crippen LogP contribution in [-0.2, 0) is 19.7 Å². The van der Waals surface area contributed by atoms with Gasteiger partial charge in [-0.15, -0.1) is 0 Å². The molecule has 1 aromatic carbocycles. The third kappa shape index (κ3) is 3.62. The summed E-state index contributed by atoms with van der Waals surface area (Å²) >= 11 is 0. The summed E-state index contributed by atoms with van der Waals surface area (Å²) in [6.45, 7) is -0.0609. The van der Waals surface area contributed by atoms with Crippen LogP contribution < -0.4 is 4.74 Å². The Hall–Kier alpha value is -1.71. The molecule has 1 aromatic rings. The van der Waals surface area contributed by atoms with Crippen LogP contribution in [0.1, 0.15) is 6.42 Å². The summed E-state index contributed by atoms with van der Waals surface area (Å²) < 4.78 is 50.6. The molecule has 0 saturated carbocycles. The molecule has 9 heteroatoms. The van der Waals surface area contributed by atoms with Gasteiger partial charge >= 0.3 is 5.97 Å². The lowest BCUT2D eigenvalue weighted by Gasteiger charge is -2.24. The summed E-state index contributed by atoms with van der Waals surface area (Å²) in [6.07, 6.45) is -0.556. The van der Waals surface area contributed by atoms with Crippen molar-refractivity contribution in [2.24, 2.45) is 0 Å². The van der Waals surface area contributed by atoms with E-state index in [9.17, 15) is 17.6 Å². The third-order valence-corrected chi connectivity index (χ3v) is 5.50. The molecular weight excluding hydrogens is 327 g/mol. The normalized spacial score (nSPS) is 22.3. The number of halogens is 1. The van der Waals surface area contributed by atoms with Crippen molar-refractivity contribution < 1.29 is 27.1 Å². The van der Waals surface area contributed by atoms with Crippen molar-refractivity contribution in [1.29, 1.82) is 0 Å². The summed E-state index contributed by atoms with van der Waals surface area (Å²) in [5.41, 5.74) is 0. The second-order valence-electron chi connectivity index (χ2n) is 5.30. The Bertz CT molecular complexity index is 680. The fraction of sp³-hybridized carbons (Fsp3) is 0.500. The van der Waals surface area contributed by atoms with Gasteiger partial charge in [0.1, 0.15) is 12.1 Å². The number of esters is 1. The molecule has 23 heavy (non-hydrogen) atoms. The van der Waals surface area contributed by atoms with Crippen molar-refractivity contribution in [2.75, 3.05) is 27.7 Å². The first-order valence-corrected chi connectivity index (χ1v) is 8.35. The summed E-state index contributed by atoms with van der Waals surface area (Å²) in [5.74, 6) is -1.20. The van der Waals surface area contributed by atoms with Crippen molar-refractivity contribution >= 4 is 16.2 Å². The number of para-hydroxylation sites is 1. The lowest BCUT2D eigenvalue weighted by molar-refractivity contribution is -0.144. The molecule has 0 radical (unpaired) electrons. The van der Waals surface area contributed by atoms with Crippen LogP contribution in [-0.4, -0.2) is 62.9 Å². The molecular formula is C14H19FN2O5S. The molecule has 0 amide bonds. The molecule has 0 aliphatic carbocycles. The maximum atomic E-state index is 13.7. The van der Waals surface area contributed by atoms with E-state index < -0.39 is 34.1 Å². The predicted octanol–water partition coefficient (Wildman–Crippen LogP) is 0.627. The first-order chi connectivity index (χ1) is 10.8. The average molecular weight is 346 g/mol. The number of benzene rings is 1. The number of rotatable bonds is 5. The van der Waals surface area contributed by atoms with Crippen molar-refractivity contribution in [3.63, 3.8) is 0 Å². The van der Waals surface area contributed by atoms with Crippen molar-refractivity contribution in [2.45, 2.75) is 18.6 Å². The fourth-order valence-corrected chi connectivity index (χ4v) is 3.66. The van der Waals surface area contributed by atoms with E-state index in [1.165, 1.54) is 39.4 Å². The van der Waals surface area contributed by atoms with Gasteiger partial charge in [-0.3, -0.25) is 4.79 Å².